The van der Waals surface area contributed by atoms with Crippen LogP contribution >= 0.6 is 0 Å². The van der Waals surface area contributed by atoms with Crippen LogP contribution < -0.4 is 0 Å². The van der Waals surface area contributed by atoms with E-state index < -0.39 is 23.2 Å². The smallest absolute Gasteiger partial charge is 0.331 e. The Balaban J connectivity index is 2.19. The van der Waals surface area contributed by atoms with E-state index in [4.69, 9.17) is 0 Å². The number of hydrogen-bond donors (Lipinski definition) is 2. The van der Waals surface area contributed by atoms with Crippen molar-refractivity contribution in [2.75, 3.05) is 0 Å². The molecule has 2 aliphatic rings. The summed E-state index contributed by atoms with van der Waals surface area (Å²) in [4.78, 5) is 23.5. The van der Waals surface area contributed by atoms with Crippen molar-refractivity contribution in [1.82, 2.24) is 0 Å². The van der Waals surface area contributed by atoms with Gasteiger partial charge in [0.2, 0.25) is 0 Å². The van der Waals surface area contributed by atoms with Crippen molar-refractivity contribution >= 4 is 11.9 Å². The number of carboxylic acids is 2. The number of carbonyl (C=O) groups is 2. The minimum atomic E-state index is -1.46. The molecule has 4 nitrogen and oxygen atoms in total. The summed E-state index contributed by atoms with van der Waals surface area (Å²) < 4.78 is 13.6. The molecular formula is C18H17FO4. The molecule has 0 bridgehead atoms. The van der Waals surface area contributed by atoms with E-state index in [1.807, 2.05) is 0 Å². The second-order valence-corrected chi connectivity index (χ2v) is 6.32. The van der Waals surface area contributed by atoms with Crippen molar-refractivity contribution in [2.24, 2.45) is 0 Å². The van der Waals surface area contributed by atoms with Gasteiger partial charge in [-0.1, -0.05) is 17.7 Å². The second kappa shape index (κ2) is 5.33. The van der Waals surface area contributed by atoms with Gasteiger partial charge >= 0.3 is 11.9 Å². The largest absolute Gasteiger partial charge is 0.480 e. The number of hydrogen-bond acceptors (Lipinski definition) is 2. The quantitative estimate of drug-likeness (QED) is 0.893. The SMILES string of the molecule is CC1=CC(C(=O)O)(c2ccc(F)cc2C2CC2)CC(C(=O)O)=C1. The summed E-state index contributed by atoms with van der Waals surface area (Å²) in [7, 11) is 0. The van der Waals surface area contributed by atoms with Crippen LogP contribution in [0.3, 0.4) is 0 Å². The minimum Gasteiger partial charge on any atom is -0.480 e. The van der Waals surface area contributed by atoms with Gasteiger partial charge in [-0.05, 0) is 55.0 Å². The Bertz CT molecular complexity index is 758. The van der Waals surface area contributed by atoms with Crippen LogP contribution in [-0.4, -0.2) is 22.2 Å². The zero-order valence-electron chi connectivity index (χ0n) is 12.7. The van der Waals surface area contributed by atoms with Crippen LogP contribution in [0.25, 0.3) is 0 Å². The number of rotatable bonds is 4. The molecule has 2 N–H and O–H groups in total. The van der Waals surface area contributed by atoms with Crippen LogP contribution in [0.2, 0.25) is 0 Å². The summed E-state index contributed by atoms with van der Waals surface area (Å²) in [6.45, 7) is 1.68. The Labute approximate surface area is 132 Å². The third-order valence-electron chi connectivity index (χ3n) is 4.51. The third-order valence-corrected chi connectivity index (χ3v) is 4.51. The maximum atomic E-state index is 13.6. The normalized spacial score (nSPS) is 23.9. The Morgan fingerprint density at radius 2 is 1.96 bits per heavy atom. The molecule has 1 aromatic carbocycles. The monoisotopic (exact) mass is 316 g/mol. The summed E-state index contributed by atoms with van der Waals surface area (Å²) >= 11 is 0. The van der Waals surface area contributed by atoms with E-state index in [2.05, 4.69) is 0 Å². The molecule has 1 saturated carbocycles. The first-order chi connectivity index (χ1) is 10.8. The van der Waals surface area contributed by atoms with Gasteiger partial charge in [0.1, 0.15) is 11.2 Å². The van der Waals surface area contributed by atoms with Crippen molar-refractivity contribution in [3.63, 3.8) is 0 Å². The lowest BCUT2D eigenvalue weighted by Crippen LogP contribution is -2.38. The fourth-order valence-electron chi connectivity index (χ4n) is 3.34. The van der Waals surface area contributed by atoms with Gasteiger partial charge in [0.25, 0.3) is 0 Å². The lowest BCUT2D eigenvalue weighted by Gasteiger charge is -2.32. The molecule has 1 fully saturated rings. The van der Waals surface area contributed by atoms with Crippen molar-refractivity contribution in [3.05, 3.63) is 58.4 Å². The lowest BCUT2D eigenvalue weighted by atomic mass is 9.69. The van der Waals surface area contributed by atoms with Gasteiger partial charge in [0.05, 0.1) is 0 Å². The summed E-state index contributed by atoms with van der Waals surface area (Å²) in [5, 5.41) is 19.2. The fraction of sp³-hybridized carbons (Fsp3) is 0.333. The third kappa shape index (κ3) is 2.67. The van der Waals surface area contributed by atoms with E-state index in [0.29, 0.717) is 16.7 Å². The van der Waals surface area contributed by atoms with Crippen LogP contribution in [-0.2, 0) is 15.0 Å². The standard InChI is InChI=1S/C18H17FO4/c1-10-6-12(16(20)21)9-18(8-10,17(22)23)15-5-4-13(19)7-14(15)11-2-3-11/h4-8,11H,2-3,9H2,1H3,(H,20,21)(H,22,23). The molecule has 3 rings (SSSR count). The molecule has 0 aliphatic heterocycles. The summed E-state index contributed by atoms with van der Waals surface area (Å²) in [6, 6.07) is 4.12. The van der Waals surface area contributed by atoms with Gasteiger partial charge in [-0.2, -0.15) is 0 Å². The highest BCUT2D eigenvalue weighted by molar-refractivity contribution is 5.93. The predicted molar refractivity (Wildman–Crippen MR) is 81.8 cm³/mol. The molecule has 0 aromatic heterocycles. The molecule has 120 valence electrons. The van der Waals surface area contributed by atoms with Gasteiger partial charge in [-0.25, -0.2) is 9.18 Å². The number of carboxylic acid groups (broad SMARTS) is 2. The Hall–Kier alpha value is -2.43. The first kappa shape index (κ1) is 15.5. The summed E-state index contributed by atoms with van der Waals surface area (Å²) in [6.07, 6.45) is 4.73. The minimum absolute atomic E-state index is 0.0541. The highest BCUT2D eigenvalue weighted by atomic mass is 19.1. The first-order valence-corrected chi connectivity index (χ1v) is 7.50. The van der Waals surface area contributed by atoms with Crippen LogP contribution in [0.1, 0.15) is 43.2 Å². The van der Waals surface area contributed by atoms with E-state index in [-0.39, 0.29) is 17.9 Å². The topological polar surface area (TPSA) is 74.6 Å². The number of benzene rings is 1. The lowest BCUT2D eigenvalue weighted by molar-refractivity contribution is -0.142. The van der Waals surface area contributed by atoms with Crippen molar-refractivity contribution in [3.8, 4) is 0 Å². The zero-order valence-corrected chi connectivity index (χ0v) is 12.7. The molecule has 0 spiro atoms. The molecule has 0 amide bonds. The highest BCUT2D eigenvalue weighted by Crippen LogP contribution is 2.48. The number of allylic oxidation sites excluding steroid dienone is 2. The fourth-order valence-corrected chi connectivity index (χ4v) is 3.34. The summed E-state index contributed by atoms with van der Waals surface area (Å²) in [5.74, 6) is -2.48. The zero-order chi connectivity index (χ0) is 16.8. The molecule has 2 aliphatic carbocycles. The van der Waals surface area contributed by atoms with Crippen molar-refractivity contribution in [2.45, 2.75) is 37.5 Å². The summed E-state index contributed by atoms with van der Waals surface area (Å²) in [5.41, 5.74) is 0.363. The van der Waals surface area contributed by atoms with Gasteiger partial charge < -0.3 is 10.2 Å². The maximum absolute atomic E-state index is 13.6. The van der Waals surface area contributed by atoms with E-state index in [9.17, 15) is 24.2 Å². The van der Waals surface area contributed by atoms with Gasteiger partial charge in [0, 0.05) is 12.0 Å². The molecule has 0 radical (unpaired) electrons. The maximum Gasteiger partial charge on any atom is 0.331 e. The molecule has 0 heterocycles. The molecule has 1 unspecified atom stereocenters. The molecule has 1 atom stereocenters. The highest BCUT2D eigenvalue weighted by Gasteiger charge is 2.45. The van der Waals surface area contributed by atoms with Crippen LogP contribution in [0.5, 0.6) is 0 Å². The van der Waals surface area contributed by atoms with E-state index in [1.54, 1.807) is 13.0 Å². The Morgan fingerprint density at radius 3 is 2.52 bits per heavy atom. The number of halogens is 1. The molecular weight excluding hydrogens is 299 g/mol. The molecule has 0 saturated heterocycles. The Morgan fingerprint density at radius 1 is 1.26 bits per heavy atom. The van der Waals surface area contributed by atoms with Crippen molar-refractivity contribution in [1.29, 1.82) is 0 Å². The van der Waals surface area contributed by atoms with Crippen LogP contribution in [0.15, 0.2) is 41.5 Å². The van der Waals surface area contributed by atoms with E-state index >= 15 is 0 Å². The van der Waals surface area contributed by atoms with E-state index in [0.717, 1.165) is 12.8 Å². The van der Waals surface area contributed by atoms with Crippen molar-refractivity contribution < 1.29 is 24.2 Å². The molecule has 23 heavy (non-hydrogen) atoms. The van der Waals surface area contributed by atoms with Gasteiger partial charge in [0.15, 0.2) is 0 Å². The average Bonchev–Trinajstić information content (AvgIpc) is 3.30. The van der Waals surface area contributed by atoms with Crippen LogP contribution in [0, 0.1) is 5.82 Å². The average molecular weight is 316 g/mol. The number of aliphatic carboxylic acids is 2. The Kier molecular flexibility index (Phi) is 3.59. The second-order valence-electron chi connectivity index (χ2n) is 6.32. The molecule has 1 aromatic rings. The molecule has 5 heteroatoms. The predicted octanol–water partition coefficient (Wildman–Crippen LogP) is 3.39. The van der Waals surface area contributed by atoms with Gasteiger partial charge in [-0.3, -0.25) is 4.79 Å². The van der Waals surface area contributed by atoms with Crippen LogP contribution in [0.4, 0.5) is 4.39 Å². The van der Waals surface area contributed by atoms with Gasteiger partial charge in [-0.15, -0.1) is 0 Å². The first-order valence-electron chi connectivity index (χ1n) is 7.50. The van der Waals surface area contributed by atoms with E-state index in [1.165, 1.54) is 24.3 Å².